The molecule has 1 aliphatic heterocycles. The second-order valence-corrected chi connectivity index (χ2v) is 5.51. The first-order valence-corrected chi connectivity index (χ1v) is 6.64. The first-order chi connectivity index (χ1) is 7.65. The zero-order valence-electron chi connectivity index (χ0n) is 10.8. The van der Waals surface area contributed by atoms with E-state index in [1.165, 1.54) is 32.1 Å². The first-order valence-electron chi connectivity index (χ1n) is 6.64. The van der Waals surface area contributed by atoms with Gasteiger partial charge >= 0.3 is 0 Å². The molecule has 3 nitrogen and oxygen atoms in total. The average Bonchev–Trinajstić information content (AvgIpc) is 2.30. The highest BCUT2D eigenvalue weighted by atomic mass is 15.3. The molecule has 2 fully saturated rings. The summed E-state index contributed by atoms with van der Waals surface area (Å²) in [6.45, 7) is 6.63. The van der Waals surface area contributed by atoms with E-state index in [4.69, 9.17) is 5.41 Å². The number of piperazine rings is 1. The molecular weight excluding hydrogens is 198 g/mol. The maximum atomic E-state index is 8.17. The van der Waals surface area contributed by atoms with Gasteiger partial charge in [-0.1, -0.05) is 19.3 Å². The van der Waals surface area contributed by atoms with Crippen LogP contribution >= 0.6 is 0 Å². The summed E-state index contributed by atoms with van der Waals surface area (Å²) in [4.78, 5) is 4.99. The van der Waals surface area contributed by atoms with Gasteiger partial charge < -0.3 is 10.3 Å². The van der Waals surface area contributed by atoms with Crippen molar-refractivity contribution in [3.8, 4) is 0 Å². The molecule has 1 N–H and O–H groups in total. The molecule has 2 rings (SSSR count). The molecule has 2 aliphatic rings. The van der Waals surface area contributed by atoms with Gasteiger partial charge in [0.1, 0.15) is 0 Å². The van der Waals surface area contributed by atoms with Crippen LogP contribution in [-0.2, 0) is 0 Å². The molecule has 1 saturated carbocycles. The molecule has 0 aromatic rings. The Bertz CT molecular complexity index is 248. The molecule has 3 heteroatoms. The largest absolute Gasteiger partial charge is 0.308 e. The van der Waals surface area contributed by atoms with Crippen molar-refractivity contribution in [2.45, 2.75) is 44.6 Å². The molecule has 16 heavy (non-hydrogen) atoms. The van der Waals surface area contributed by atoms with E-state index >= 15 is 0 Å². The Kier molecular flexibility index (Phi) is 3.65. The third kappa shape index (κ3) is 2.16. The molecule has 0 atom stereocenters. The molecule has 0 radical (unpaired) electrons. The lowest BCUT2D eigenvalue weighted by Crippen LogP contribution is -2.60. The molecule has 0 aromatic carbocycles. The van der Waals surface area contributed by atoms with Gasteiger partial charge in [-0.3, -0.25) is 4.90 Å². The summed E-state index contributed by atoms with van der Waals surface area (Å²) in [7, 11) is 2.20. The number of nitrogens with zero attached hydrogens (tertiary/aromatic N) is 2. The zero-order valence-corrected chi connectivity index (χ0v) is 10.8. The van der Waals surface area contributed by atoms with Crippen molar-refractivity contribution in [1.29, 1.82) is 5.41 Å². The fourth-order valence-corrected chi connectivity index (χ4v) is 3.30. The highest BCUT2D eigenvalue weighted by Crippen LogP contribution is 2.35. The Morgan fingerprint density at radius 1 is 1.00 bits per heavy atom. The number of rotatable bonds is 2. The van der Waals surface area contributed by atoms with E-state index in [-0.39, 0.29) is 5.54 Å². The van der Waals surface area contributed by atoms with Gasteiger partial charge in [0.2, 0.25) is 0 Å². The lowest BCUT2D eigenvalue weighted by atomic mass is 9.77. The van der Waals surface area contributed by atoms with Gasteiger partial charge in [-0.15, -0.1) is 0 Å². The molecule has 1 aliphatic carbocycles. The SMILES string of the molecule is CC(=N)C1(N2CCN(C)CC2)CCCCC1. The third-order valence-electron chi connectivity index (χ3n) is 4.49. The van der Waals surface area contributed by atoms with E-state index in [1.54, 1.807) is 0 Å². The highest BCUT2D eigenvalue weighted by molar-refractivity contribution is 5.88. The summed E-state index contributed by atoms with van der Waals surface area (Å²) < 4.78 is 0. The maximum absolute atomic E-state index is 8.17. The molecule has 92 valence electrons. The van der Waals surface area contributed by atoms with E-state index in [9.17, 15) is 0 Å². The van der Waals surface area contributed by atoms with Gasteiger partial charge in [0.15, 0.2) is 0 Å². The van der Waals surface area contributed by atoms with E-state index < -0.39 is 0 Å². The summed E-state index contributed by atoms with van der Waals surface area (Å²) in [5, 5.41) is 8.17. The second-order valence-electron chi connectivity index (χ2n) is 5.51. The van der Waals surface area contributed by atoms with E-state index in [0.717, 1.165) is 31.9 Å². The van der Waals surface area contributed by atoms with Crippen LogP contribution < -0.4 is 0 Å². The van der Waals surface area contributed by atoms with Crippen LogP contribution in [0.4, 0.5) is 0 Å². The van der Waals surface area contributed by atoms with Crippen LogP contribution in [0.15, 0.2) is 0 Å². The normalized spacial score (nSPS) is 27.9. The minimum Gasteiger partial charge on any atom is -0.308 e. The van der Waals surface area contributed by atoms with Gasteiger partial charge in [-0.2, -0.15) is 0 Å². The number of likely N-dealkylation sites (N-methyl/N-ethyl adjacent to an activating group) is 1. The summed E-state index contributed by atoms with van der Waals surface area (Å²) in [6.07, 6.45) is 6.41. The Morgan fingerprint density at radius 3 is 2.06 bits per heavy atom. The summed E-state index contributed by atoms with van der Waals surface area (Å²) >= 11 is 0. The Labute approximate surface area is 99.3 Å². The lowest BCUT2D eigenvalue weighted by molar-refractivity contribution is 0.0567. The Morgan fingerprint density at radius 2 is 1.56 bits per heavy atom. The van der Waals surface area contributed by atoms with E-state index in [1.807, 2.05) is 6.92 Å². The van der Waals surface area contributed by atoms with Gasteiger partial charge in [-0.25, -0.2) is 0 Å². The van der Waals surface area contributed by atoms with Crippen LogP contribution in [0.2, 0.25) is 0 Å². The minimum absolute atomic E-state index is 0.125. The smallest absolute Gasteiger partial charge is 0.0584 e. The van der Waals surface area contributed by atoms with Crippen LogP contribution in [0, 0.1) is 5.41 Å². The van der Waals surface area contributed by atoms with Crippen molar-refractivity contribution in [3.63, 3.8) is 0 Å². The molecule has 1 heterocycles. The van der Waals surface area contributed by atoms with Crippen molar-refractivity contribution < 1.29 is 0 Å². The number of nitrogens with one attached hydrogen (secondary N) is 1. The van der Waals surface area contributed by atoms with Crippen molar-refractivity contribution in [1.82, 2.24) is 9.80 Å². The predicted octanol–water partition coefficient (Wildman–Crippen LogP) is 1.98. The third-order valence-corrected chi connectivity index (χ3v) is 4.49. The number of hydrogen-bond acceptors (Lipinski definition) is 3. The highest BCUT2D eigenvalue weighted by Gasteiger charge is 2.40. The number of hydrogen-bond donors (Lipinski definition) is 1. The Balaban J connectivity index is 2.09. The molecule has 0 unspecified atom stereocenters. The first kappa shape index (κ1) is 12.1. The Hall–Kier alpha value is -0.410. The van der Waals surface area contributed by atoms with Crippen LogP contribution in [0.25, 0.3) is 0 Å². The summed E-state index contributed by atoms with van der Waals surface area (Å²) in [5.41, 5.74) is 1.02. The van der Waals surface area contributed by atoms with Crippen molar-refractivity contribution in [3.05, 3.63) is 0 Å². The predicted molar refractivity (Wildman–Crippen MR) is 68.3 cm³/mol. The van der Waals surface area contributed by atoms with Crippen molar-refractivity contribution in [2.24, 2.45) is 0 Å². The van der Waals surface area contributed by atoms with E-state index in [0.29, 0.717) is 0 Å². The van der Waals surface area contributed by atoms with Crippen LogP contribution in [0.3, 0.4) is 0 Å². The molecule has 0 spiro atoms. The molecule has 0 aromatic heterocycles. The van der Waals surface area contributed by atoms with Gasteiger partial charge in [0, 0.05) is 31.9 Å². The standard InChI is InChI=1S/C13H25N3/c1-12(14)13(6-4-3-5-7-13)16-10-8-15(2)9-11-16/h14H,3-11H2,1-2H3. The zero-order chi connectivity index (χ0) is 11.6. The van der Waals surface area contributed by atoms with Crippen LogP contribution in [0.5, 0.6) is 0 Å². The van der Waals surface area contributed by atoms with Gasteiger partial charge in [-0.05, 0) is 26.8 Å². The molecule has 1 saturated heterocycles. The maximum Gasteiger partial charge on any atom is 0.0584 e. The van der Waals surface area contributed by atoms with Crippen LogP contribution in [-0.4, -0.2) is 54.3 Å². The van der Waals surface area contributed by atoms with Crippen molar-refractivity contribution >= 4 is 5.71 Å². The molecule has 0 amide bonds. The average molecular weight is 223 g/mol. The second kappa shape index (κ2) is 4.84. The van der Waals surface area contributed by atoms with Crippen LogP contribution in [0.1, 0.15) is 39.0 Å². The van der Waals surface area contributed by atoms with Crippen molar-refractivity contribution in [2.75, 3.05) is 33.2 Å². The topological polar surface area (TPSA) is 30.3 Å². The van der Waals surface area contributed by atoms with E-state index in [2.05, 4.69) is 16.8 Å². The summed E-state index contributed by atoms with van der Waals surface area (Å²) in [5.74, 6) is 0. The monoisotopic (exact) mass is 223 g/mol. The fraction of sp³-hybridized carbons (Fsp3) is 0.923. The summed E-state index contributed by atoms with van der Waals surface area (Å²) in [6, 6.07) is 0. The van der Waals surface area contributed by atoms with Gasteiger partial charge in [0.05, 0.1) is 5.54 Å². The fourth-order valence-electron chi connectivity index (χ4n) is 3.30. The minimum atomic E-state index is 0.125. The van der Waals surface area contributed by atoms with Gasteiger partial charge in [0.25, 0.3) is 0 Å². The quantitative estimate of drug-likeness (QED) is 0.726. The lowest BCUT2D eigenvalue weighted by Gasteiger charge is -2.49. The molecule has 0 bridgehead atoms. The molecular formula is C13H25N3.